The third kappa shape index (κ3) is 6.71. The number of pyridine rings is 1. The van der Waals surface area contributed by atoms with Crippen molar-refractivity contribution in [3.05, 3.63) is 71.2 Å². The topological polar surface area (TPSA) is 85.8 Å². The van der Waals surface area contributed by atoms with Crippen LogP contribution in [0.1, 0.15) is 65.2 Å². The average molecular weight is 674 g/mol. The number of fused-ring (bicyclic) bond motifs is 3. The minimum absolute atomic E-state index is 0.0169. The standard InChI is InChI=1S/C37H41BrN2O5/c1-3-44-36(43)37-21-27(37)15-8-6-4-5-7-12-24(2)35(42)40-23-29(20-32(40)33(41)22-37)45-34-30(25-14-11-16-28(38)18-25)19-26-13-9-10-17-31(26)39-34/h8-11,13-19,24,27,29,32H,3-7,12,20-23H2,1-2H3/b15-8-/t24-,27-,29+,32-,37+/m0/s1. The molecule has 1 saturated carbocycles. The molecule has 1 saturated heterocycles. The fourth-order valence-electron chi connectivity index (χ4n) is 7.00. The van der Waals surface area contributed by atoms with Gasteiger partial charge in [0.05, 0.1) is 30.1 Å². The predicted octanol–water partition coefficient (Wildman–Crippen LogP) is 7.70. The van der Waals surface area contributed by atoms with Gasteiger partial charge in [-0.2, -0.15) is 0 Å². The number of halogens is 1. The van der Waals surface area contributed by atoms with Gasteiger partial charge in [-0.05, 0) is 68.4 Å². The molecule has 8 heteroatoms. The molecule has 1 aromatic heterocycles. The van der Waals surface area contributed by atoms with Gasteiger partial charge in [-0.1, -0.05) is 78.2 Å². The molecule has 5 atom stereocenters. The molecule has 3 aromatic rings. The van der Waals surface area contributed by atoms with Crippen molar-refractivity contribution in [1.29, 1.82) is 0 Å². The van der Waals surface area contributed by atoms with Crippen molar-refractivity contribution < 1.29 is 23.9 Å². The number of ketones is 1. The second-order valence-electron chi connectivity index (χ2n) is 12.8. The van der Waals surface area contributed by atoms with Crippen LogP contribution in [0.15, 0.2) is 71.2 Å². The lowest BCUT2D eigenvalue weighted by Crippen LogP contribution is -2.44. The smallest absolute Gasteiger partial charge is 0.313 e. The van der Waals surface area contributed by atoms with E-state index in [1.165, 1.54) is 0 Å². The number of amides is 1. The first-order valence-electron chi connectivity index (χ1n) is 16.3. The van der Waals surface area contributed by atoms with Crippen LogP contribution in [0.5, 0.6) is 5.88 Å². The summed E-state index contributed by atoms with van der Waals surface area (Å²) in [6.07, 6.45) is 9.58. The SMILES string of the molecule is CCOC(=O)[C@]12CC(=O)[C@@H]3C[C@@H](Oc4nc5ccccc5cc4-c4cccc(Br)c4)CN3C(=O)[C@@H](C)CCCCC/C=C\[C@H]1C2. The zero-order chi connectivity index (χ0) is 31.6. The molecule has 2 fully saturated rings. The summed E-state index contributed by atoms with van der Waals surface area (Å²) < 4.78 is 13.1. The molecule has 0 bridgehead atoms. The molecular formula is C37H41BrN2O5. The molecule has 45 heavy (non-hydrogen) atoms. The highest BCUT2D eigenvalue weighted by atomic mass is 79.9. The van der Waals surface area contributed by atoms with Gasteiger partial charge in [0, 0.05) is 34.2 Å². The lowest BCUT2D eigenvalue weighted by molar-refractivity contribution is -0.152. The number of nitrogens with zero attached hydrogens (tertiary/aromatic N) is 2. The number of carbonyl (C=O) groups is 3. The lowest BCUT2D eigenvalue weighted by Gasteiger charge is -2.27. The molecule has 0 N–H and O–H groups in total. The van der Waals surface area contributed by atoms with E-state index in [0.717, 1.165) is 58.6 Å². The van der Waals surface area contributed by atoms with Crippen LogP contribution in [0.3, 0.4) is 0 Å². The van der Waals surface area contributed by atoms with Gasteiger partial charge in [-0.25, -0.2) is 4.98 Å². The van der Waals surface area contributed by atoms with Gasteiger partial charge in [0.1, 0.15) is 6.10 Å². The molecular weight excluding hydrogens is 632 g/mol. The molecule has 2 aromatic carbocycles. The Labute approximate surface area is 273 Å². The van der Waals surface area contributed by atoms with E-state index in [-0.39, 0.29) is 42.5 Å². The van der Waals surface area contributed by atoms with E-state index in [1.54, 1.807) is 11.8 Å². The van der Waals surface area contributed by atoms with Crippen LogP contribution in [0.25, 0.3) is 22.0 Å². The van der Waals surface area contributed by atoms with Crippen LogP contribution >= 0.6 is 15.9 Å². The minimum atomic E-state index is -0.850. The van der Waals surface area contributed by atoms with Crippen molar-refractivity contribution in [2.24, 2.45) is 17.3 Å². The summed E-state index contributed by atoms with van der Waals surface area (Å²) in [6, 6.07) is 17.3. The van der Waals surface area contributed by atoms with E-state index in [4.69, 9.17) is 14.5 Å². The second-order valence-corrected chi connectivity index (χ2v) is 13.7. The molecule has 1 aliphatic carbocycles. The minimum Gasteiger partial charge on any atom is -0.472 e. The molecule has 0 spiro atoms. The van der Waals surface area contributed by atoms with Crippen molar-refractivity contribution in [1.82, 2.24) is 9.88 Å². The molecule has 1 amide bonds. The van der Waals surface area contributed by atoms with Crippen molar-refractivity contribution in [2.45, 2.75) is 77.4 Å². The number of allylic oxidation sites excluding steroid dienone is 2. The Morgan fingerprint density at radius 2 is 1.93 bits per heavy atom. The highest BCUT2D eigenvalue weighted by Crippen LogP contribution is 2.57. The van der Waals surface area contributed by atoms with Gasteiger partial charge in [-0.3, -0.25) is 14.4 Å². The van der Waals surface area contributed by atoms with Gasteiger partial charge in [0.25, 0.3) is 0 Å². The summed E-state index contributed by atoms with van der Waals surface area (Å²) in [5.74, 6) is -0.181. The largest absolute Gasteiger partial charge is 0.472 e. The van der Waals surface area contributed by atoms with E-state index < -0.39 is 17.6 Å². The maximum absolute atomic E-state index is 14.1. The quantitative estimate of drug-likeness (QED) is 0.204. The van der Waals surface area contributed by atoms with Crippen LogP contribution < -0.4 is 4.74 Å². The predicted molar refractivity (Wildman–Crippen MR) is 178 cm³/mol. The number of carbonyl (C=O) groups excluding carboxylic acids is 3. The number of ether oxygens (including phenoxy) is 2. The van der Waals surface area contributed by atoms with Gasteiger partial charge in [0.2, 0.25) is 11.8 Å². The number of benzene rings is 2. The third-order valence-corrected chi connectivity index (χ3v) is 10.1. The Hall–Kier alpha value is -3.52. The number of rotatable bonds is 5. The average Bonchev–Trinajstić information content (AvgIpc) is 3.56. The van der Waals surface area contributed by atoms with Crippen molar-refractivity contribution >= 4 is 44.5 Å². The van der Waals surface area contributed by atoms with Gasteiger partial charge in [0.15, 0.2) is 5.78 Å². The maximum atomic E-state index is 14.1. The Bertz CT molecular complexity index is 1620. The zero-order valence-corrected chi connectivity index (χ0v) is 27.6. The van der Waals surface area contributed by atoms with Crippen LogP contribution in [-0.4, -0.2) is 52.8 Å². The van der Waals surface area contributed by atoms with Crippen molar-refractivity contribution in [3.8, 4) is 17.0 Å². The summed E-state index contributed by atoms with van der Waals surface area (Å²) in [4.78, 5) is 47.9. The molecule has 3 heterocycles. The monoisotopic (exact) mass is 672 g/mol. The Morgan fingerprint density at radius 1 is 1.09 bits per heavy atom. The molecule has 0 radical (unpaired) electrons. The highest BCUT2D eigenvalue weighted by molar-refractivity contribution is 9.10. The first-order chi connectivity index (χ1) is 21.8. The van der Waals surface area contributed by atoms with Gasteiger partial charge >= 0.3 is 5.97 Å². The van der Waals surface area contributed by atoms with Crippen molar-refractivity contribution in [3.63, 3.8) is 0 Å². The van der Waals surface area contributed by atoms with E-state index in [9.17, 15) is 14.4 Å². The summed E-state index contributed by atoms with van der Waals surface area (Å²) >= 11 is 3.59. The fraction of sp³-hybridized carbons (Fsp3) is 0.459. The number of hydrogen-bond acceptors (Lipinski definition) is 6. The summed E-state index contributed by atoms with van der Waals surface area (Å²) in [7, 11) is 0. The van der Waals surface area contributed by atoms with Gasteiger partial charge in [-0.15, -0.1) is 0 Å². The Kier molecular flexibility index (Phi) is 9.41. The Balaban J connectivity index is 1.32. The summed E-state index contributed by atoms with van der Waals surface area (Å²) in [5.41, 5.74) is 1.76. The van der Waals surface area contributed by atoms with E-state index in [2.05, 4.69) is 34.1 Å². The fourth-order valence-corrected chi connectivity index (χ4v) is 7.40. The van der Waals surface area contributed by atoms with Crippen LogP contribution in [0.4, 0.5) is 0 Å². The van der Waals surface area contributed by atoms with Crippen LogP contribution in [0, 0.1) is 17.3 Å². The highest BCUT2D eigenvalue weighted by Gasteiger charge is 2.61. The molecule has 2 aliphatic heterocycles. The first kappa shape index (κ1) is 31.5. The number of hydrogen-bond donors (Lipinski definition) is 0. The summed E-state index contributed by atoms with van der Waals surface area (Å²) in [5, 5.41) is 0.996. The number of aromatic nitrogens is 1. The summed E-state index contributed by atoms with van der Waals surface area (Å²) in [6.45, 7) is 4.32. The van der Waals surface area contributed by atoms with E-state index in [0.29, 0.717) is 25.3 Å². The molecule has 0 unspecified atom stereocenters. The number of esters is 1. The zero-order valence-electron chi connectivity index (χ0n) is 26.0. The van der Waals surface area contributed by atoms with Gasteiger partial charge < -0.3 is 14.4 Å². The second kappa shape index (κ2) is 13.5. The van der Waals surface area contributed by atoms with E-state index in [1.807, 2.05) is 55.5 Å². The maximum Gasteiger partial charge on any atom is 0.313 e. The van der Waals surface area contributed by atoms with E-state index >= 15 is 0 Å². The number of Topliss-reactive ketones (excluding diaryl/α,β-unsaturated/α-hetero) is 1. The molecule has 7 nitrogen and oxygen atoms in total. The third-order valence-electron chi connectivity index (χ3n) is 9.62. The van der Waals surface area contributed by atoms with Crippen LogP contribution in [-0.2, 0) is 19.1 Å². The normalized spacial score (nSPS) is 28.0. The molecule has 6 rings (SSSR count). The Morgan fingerprint density at radius 3 is 2.76 bits per heavy atom. The molecule has 236 valence electrons. The molecule has 3 aliphatic rings. The first-order valence-corrected chi connectivity index (χ1v) is 17.1. The lowest BCUT2D eigenvalue weighted by atomic mass is 9.91. The van der Waals surface area contributed by atoms with Crippen molar-refractivity contribution in [2.75, 3.05) is 13.2 Å². The van der Waals surface area contributed by atoms with Crippen LogP contribution in [0.2, 0.25) is 0 Å². The number of para-hydroxylation sites is 1.